The number of hydrogen-bond donors (Lipinski definition) is 2. The summed E-state index contributed by atoms with van der Waals surface area (Å²) in [4.78, 5) is 10.8. The van der Waals surface area contributed by atoms with Crippen LogP contribution in [0.25, 0.3) is 0 Å². The molecule has 0 radical (unpaired) electrons. The molecule has 2 fully saturated rings. The van der Waals surface area contributed by atoms with Crippen LogP contribution in [-0.4, -0.2) is 42.7 Å². The molecule has 0 spiro atoms. The van der Waals surface area contributed by atoms with Crippen molar-refractivity contribution >= 4 is 15.8 Å². The third kappa shape index (κ3) is 1.25. The first-order valence-electron chi connectivity index (χ1n) is 4.50. The Kier molecular flexibility index (Phi) is 2.08. The second kappa shape index (κ2) is 2.93. The third-order valence-corrected chi connectivity index (χ3v) is 5.20. The summed E-state index contributed by atoms with van der Waals surface area (Å²) in [6.45, 7) is -0.229. The Morgan fingerprint density at radius 2 is 1.86 bits per heavy atom. The highest BCUT2D eigenvalue weighted by atomic mass is 32.2. The van der Waals surface area contributed by atoms with Crippen LogP contribution in [0.5, 0.6) is 0 Å². The second-order valence-electron chi connectivity index (χ2n) is 4.12. The SMILES string of the molecule is O=C(O)[C@@H]1[C@H](CO)[C@H]2CS(=O)(=O)C[C@@H]21. The molecule has 1 aliphatic heterocycles. The maximum Gasteiger partial charge on any atom is 0.307 e. The monoisotopic (exact) mass is 220 g/mol. The summed E-state index contributed by atoms with van der Waals surface area (Å²) >= 11 is 0. The molecule has 6 heteroatoms. The van der Waals surface area contributed by atoms with Gasteiger partial charge in [0.05, 0.1) is 17.4 Å². The van der Waals surface area contributed by atoms with E-state index in [1.54, 1.807) is 0 Å². The molecule has 1 heterocycles. The second-order valence-corrected chi connectivity index (χ2v) is 6.27. The minimum atomic E-state index is -3.07. The molecular formula is C8H12O5S. The molecule has 1 aliphatic carbocycles. The van der Waals surface area contributed by atoms with E-state index < -0.39 is 21.7 Å². The van der Waals surface area contributed by atoms with Crippen LogP contribution in [0.1, 0.15) is 0 Å². The van der Waals surface area contributed by atoms with Crippen LogP contribution in [0.15, 0.2) is 0 Å². The number of hydrogen-bond acceptors (Lipinski definition) is 4. The molecule has 0 bridgehead atoms. The molecular weight excluding hydrogens is 208 g/mol. The van der Waals surface area contributed by atoms with Crippen molar-refractivity contribution in [2.24, 2.45) is 23.7 Å². The summed E-state index contributed by atoms with van der Waals surface area (Å²) in [6, 6.07) is 0. The van der Waals surface area contributed by atoms with Crippen molar-refractivity contribution in [1.29, 1.82) is 0 Å². The van der Waals surface area contributed by atoms with E-state index >= 15 is 0 Å². The fourth-order valence-electron chi connectivity index (χ4n) is 2.77. The van der Waals surface area contributed by atoms with E-state index in [0.29, 0.717) is 0 Å². The third-order valence-electron chi connectivity index (χ3n) is 3.41. The van der Waals surface area contributed by atoms with Crippen molar-refractivity contribution in [1.82, 2.24) is 0 Å². The minimum Gasteiger partial charge on any atom is -0.481 e. The number of fused-ring (bicyclic) bond motifs is 1. The van der Waals surface area contributed by atoms with Gasteiger partial charge in [-0.1, -0.05) is 0 Å². The van der Waals surface area contributed by atoms with E-state index in [9.17, 15) is 13.2 Å². The first kappa shape index (κ1) is 9.92. The number of aliphatic carboxylic acids is 1. The average molecular weight is 220 g/mol. The summed E-state index contributed by atoms with van der Waals surface area (Å²) in [5.41, 5.74) is 0. The van der Waals surface area contributed by atoms with Gasteiger partial charge in [0.15, 0.2) is 9.84 Å². The molecule has 80 valence electrons. The molecule has 0 unspecified atom stereocenters. The Labute approximate surface area is 81.7 Å². The fourth-order valence-corrected chi connectivity index (χ4v) is 5.02. The fraction of sp³-hybridized carbons (Fsp3) is 0.875. The van der Waals surface area contributed by atoms with Crippen LogP contribution in [0.2, 0.25) is 0 Å². The van der Waals surface area contributed by atoms with E-state index in [0.717, 1.165) is 0 Å². The van der Waals surface area contributed by atoms with Gasteiger partial charge in [0.2, 0.25) is 0 Å². The molecule has 2 rings (SSSR count). The van der Waals surface area contributed by atoms with E-state index in [4.69, 9.17) is 10.2 Å². The van der Waals surface area contributed by atoms with Gasteiger partial charge in [-0.05, 0) is 17.8 Å². The van der Waals surface area contributed by atoms with Crippen molar-refractivity contribution < 1.29 is 23.4 Å². The number of aliphatic hydroxyl groups excluding tert-OH is 1. The van der Waals surface area contributed by atoms with Crippen LogP contribution in [0.3, 0.4) is 0 Å². The Morgan fingerprint density at radius 3 is 2.36 bits per heavy atom. The zero-order valence-corrected chi connectivity index (χ0v) is 8.27. The highest BCUT2D eigenvalue weighted by Gasteiger charge is 2.59. The van der Waals surface area contributed by atoms with Crippen LogP contribution in [0.4, 0.5) is 0 Å². The zero-order chi connectivity index (χ0) is 10.5. The highest BCUT2D eigenvalue weighted by molar-refractivity contribution is 7.91. The molecule has 0 amide bonds. The van der Waals surface area contributed by atoms with Crippen molar-refractivity contribution in [3.05, 3.63) is 0 Å². The molecule has 5 nitrogen and oxygen atoms in total. The lowest BCUT2D eigenvalue weighted by Crippen LogP contribution is -2.51. The first-order valence-corrected chi connectivity index (χ1v) is 6.32. The van der Waals surface area contributed by atoms with Gasteiger partial charge >= 0.3 is 5.97 Å². The zero-order valence-electron chi connectivity index (χ0n) is 7.46. The lowest BCUT2D eigenvalue weighted by molar-refractivity contribution is -0.158. The van der Waals surface area contributed by atoms with Gasteiger partial charge in [0.25, 0.3) is 0 Å². The molecule has 2 N–H and O–H groups in total. The van der Waals surface area contributed by atoms with Crippen molar-refractivity contribution in [3.8, 4) is 0 Å². The van der Waals surface area contributed by atoms with E-state index in [-0.39, 0.29) is 35.9 Å². The van der Waals surface area contributed by atoms with Gasteiger partial charge in [-0.2, -0.15) is 0 Å². The van der Waals surface area contributed by atoms with E-state index in [1.807, 2.05) is 0 Å². The molecule has 0 aromatic rings. The summed E-state index contributed by atoms with van der Waals surface area (Å²) in [5.74, 6) is -2.39. The largest absolute Gasteiger partial charge is 0.481 e. The van der Waals surface area contributed by atoms with Crippen LogP contribution >= 0.6 is 0 Å². The maximum absolute atomic E-state index is 11.2. The normalized spacial score (nSPS) is 44.1. The number of aliphatic hydroxyl groups is 1. The van der Waals surface area contributed by atoms with Gasteiger partial charge in [-0.25, -0.2) is 8.42 Å². The predicted octanol–water partition coefficient (Wildman–Crippen LogP) is -1.03. The Hall–Kier alpha value is -0.620. The Balaban J connectivity index is 2.21. The van der Waals surface area contributed by atoms with E-state index in [1.165, 1.54) is 0 Å². The predicted molar refractivity (Wildman–Crippen MR) is 47.3 cm³/mol. The number of carboxylic acid groups (broad SMARTS) is 1. The molecule has 14 heavy (non-hydrogen) atoms. The number of rotatable bonds is 2. The average Bonchev–Trinajstić information content (AvgIpc) is 2.28. The van der Waals surface area contributed by atoms with Crippen LogP contribution in [0, 0.1) is 23.7 Å². The Bertz CT molecular complexity index is 360. The standard InChI is InChI=1S/C8H12O5S/c9-1-4-5-2-14(12,13)3-6(5)7(4)8(10)11/h4-7,9H,1-3H2,(H,10,11)/t4-,5-,6+,7-/m1/s1. The topological polar surface area (TPSA) is 91.7 Å². The van der Waals surface area contributed by atoms with Crippen molar-refractivity contribution in [2.75, 3.05) is 18.1 Å². The number of carbonyl (C=O) groups is 1. The summed E-state index contributed by atoms with van der Waals surface area (Å²) in [7, 11) is -3.07. The smallest absolute Gasteiger partial charge is 0.307 e. The highest BCUT2D eigenvalue weighted by Crippen LogP contribution is 2.51. The molecule has 0 aromatic heterocycles. The molecule has 1 saturated heterocycles. The molecule has 0 aromatic carbocycles. The van der Waals surface area contributed by atoms with Gasteiger partial charge in [-0.15, -0.1) is 0 Å². The molecule has 2 aliphatic rings. The van der Waals surface area contributed by atoms with Gasteiger partial charge in [0, 0.05) is 6.61 Å². The van der Waals surface area contributed by atoms with Crippen LogP contribution in [-0.2, 0) is 14.6 Å². The van der Waals surface area contributed by atoms with Crippen molar-refractivity contribution in [2.45, 2.75) is 0 Å². The molecule has 4 atom stereocenters. The summed E-state index contributed by atoms with van der Waals surface area (Å²) in [6.07, 6.45) is 0. The number of sulfone groups is 1. The summed E-state index contributed by atoms with van der Waals surface area (Å²) < 4.78 is 22.5. The van der Waals surface area contributed by atoms with E-state index in [2.05, 4.69) is 0 Å². The maximum atomic E-state index is 11.2. The molecule has 1 saturated carbocycles. The number of carboxylic acids is 1. The lowest BCUT2D eigenvalue weighted by atomic mass is 9.58. The quantitative estimate of drug-likeness (QED) is 0.621. The minimum absolute atomic E-state index is 0.0227. The summed E-state index contributed by atoms with van der Waals surface area (Å²) in [5, 5.41) is 17.8. The Morgan fingerprint density at radius 1 is 1.29 bits per heavy atom. The lowest BCUT2D eigenvalue weighted by Gasteiger charge is -2.44. The van der Waals surface area contributed by atoms with Crippen LogP contribution < -0.4 is 0 Å². The van der Waals surface area contributed by atoms with Gasteiger partial charge in [-0.3, -0.25) is 4.79 Å². The van der Waals surface area contributed by atoms with Gasteiger partial charge in [0.1, 0.15) is 0 Å². The van der Waals surface area contributed by atoms with Crippen molar-refractivity contribution in [3.63, 3.8) is 0 Å². The first-order chi connectivity index (χ1) is 6.46. The van der Waals surface area contributed by atoms with Gasteiger partial charge < -0.3 is 10.2 Å².